The summed E-state index contributed by atoms with van der Waals surface area (Å²) >= 11 is 0. The summed E-state index contributed by atoms with van der Waals surface area (Å²) in [5.74, 6) is 0.571. The fourth-order valence-corrected chi connectivity index (χ4v) is 2.28. The molecule has 25 heavy (non-hydrogen) atoms. The maximum Gasteiger partial charge on any atom is 0.225 e. The van der Waals surface area contributed by atoms with Crippen molar-refractivity contribution in [2.24, 2.45) is 0 Å². The summed E-state index contributed by atoms with van der Waals surface area (Å²) in [5.41, 5.74) is 2.44. The van der Waals surface area contributed by atoms with Crippen LogP contribution in [0.3, 0.4) is 0 Å². The fraction of sp³-hybridized carbons (Fsp3) is 0.167. The van der Waals surface area contributed by atoms with Crippen molar-refractivity contribution in [1.29, 1.82) is 0 Å². The molecule has 0 atom stereocenters. The Bertz CT molecular complexity index is 857. The summed E-state index contributed by atoms with van der Waals surface area (Å²) in [5, 5.41) is 15.1. The Labute approximate surface area is 144 Å². The summed E-state index contributed by atoms with van der Waals surface area (Å²) < 4.78 is 13.7. The van der Waals surface area contributed by atoms with Gasteiger partial charge in [0.1, 0.15) is 11.6 Å². The predicted octanol–water partition coefficient (Wildman–Crippen LogP) is 3.13. The second-order valence-electron chi connectivity index (χ2n) is 5.36. The molecule has 0 spiro atoms. The van der Waals surface area contributed by atoms with E-state index in [1.165, 1.54) is 6.07 Å². The highest BCUT2D eigenvalue weighted by molar-refractivity contribution is 5.66. The topological polar surface area (TPSA) is 83.0 Å². The van der Waals surface area contributed by atoms with Gasteiger partial charge in [0, 0.05) is 30.1 Å². The van der Waals surface area contributed by atoms with Gasteiger partial charge in [-0.2, -0.15) is 4.98 Å². The summed E-state index contributed by atoms with van der Waals surface area (Å²) in [6.45, 7) is 1.98. The maximum absolute atomic E-state index is 13.7. The van der Waals surface area contributed by atoms with Crippen LogP contribution in [0, 0.1) is 12.7 Å². The third-order valence-electron chi connectivity index (χ3n) is 3.58. The lowest BCUT2D eigenvalue weighted by Gasteiger charge is -2.12. The molecule has 128 valence electrons. The highest BCUT2D eigenvalue weighted by Crippen LogP contribution is 2.25. The van der Waals surface area contributed by atoms with E-state index in [0.29, 0.717) is 40.9 Å². The molecule has 0 bridgehead atoms. The molecule has 0 amide bonds. The van der Waals surface area contributed by atoms with Gasteiger partial charge in [0.2, 0.25) is 5.95 Å². The first kappa shape index (κ1) is 16.8. The number of hydrogen-bond donors (Lipinski definition) is 3. The SMILES string of the molecule is Cc1c(F)cccc1Nc1cc(-c2ccccn2)nc(NCCO)n1. The normalized spacial score (nSPS) is 10.5. The van der Waals surface area contributed by atoms with Crippen LogP contribution in [-0.4, -0.2) is 33.2 Å². The van der Waals surface area contributed by atoms with Crippen LogP contribution < -0.4 is 10.6 Å². The third-order valence-corrected chi connectivity index (χ3v) is 3.58. The fourth-order valence-electron chi connectivity index (χ4n) is 2.28. The molecule has 6 nitrogen and oxygen atoms in total. The van der Waals surface area contributed by atoms with Crippen molar-refractivity contribution in [2.75, 3.05) is 23.8 Å². The van der Waals surface area contributed by atoms with Crippen molar-refractivity contribution in [2.45, 2.75) is 6.92 Å². The molecule has 0 unspecified atom stereocenters. The van der Waals surface area contributed by atoms with Crippen molar-refractivity contribution in [3.05, 3.63) is 60.0 Å². The van der Waals surface area contributed by atoms with Gasteiger partial charge in [-0.25, -0.2) is 9.37 Å². The second-order valence-corrected chi connectivity index (χ2v) is 5.36. The van der Waals surface area contributed by atoms with Gasteiger partial charge >= 0.3 is 0 Å². The zero-order valence-electron chi connectivity index (χ0n) is 13.7. The van der Waals surface area contributed by atoms with E-state index in [9.17, 15) is 4.39 Å². The van der Waals surface area contributed by atoms with Crippen LogP contribution in [0.15, 0.2) is 48.7 Å². The number of hydrogen-bond acceptors (Lipinski definition) is 6. The number of aliphatic hydroxyl groups is 1. The molecule has 0 aliphatic rings. The summed E-state index contributed by atoms with van der Waals surface area (Å²) in [4.78, 5) is 13.1. The van der Waals surface area contributed by atoms with Crippen molar-refractivity contribution < 1.29 is 9.50 Å². The van der Waals surface area contributed by atoms with Gasteiger partial charge in [-0.1, -0.05) is 12.1 Å². The number of anilines is 3. The molecule has 1 aromatic carbocycles. The zero-order chi connectivity index (χ0) is 17.6. The Morgan fingerprint density at radius 3 is 2.72 bits per heavy atom. The number of aromatic nitrogens is 3. The monoisotopic (exact) mass is 339 g/mol. The molecule has 0 aliphatic carbocycles. The number of aliphatic hydroxyl groups excluding tert-OH is 1. The molecule has 0 aliphatic heterocycles. The van der Waals surface area contributed by atoms with Gasteiger partial charge in [0.05, 0.1) is 18.0 Å². The van der Waals surface area contributed by atoms with E-state index in [4.69, 9.17) is 5.11 Å². The van der Waals surface area contributed by atoms with Crippen molar-refractivity contribution in [3.8, 4) is 11.4 Å². The van der Waals surface area contributed by atoms with E-state index >= 15 is 0 Å². The second kappa shape index (κ2) is 7.67. The first-order chi connectivity index (χ1) is 12.2. The summed E-state index contributed by atoms with van der Waals surface area (Å²) in [7, 11) is 0. The highest BCUT2D eigenvalue weighted by Gasteiger charge is 2.10. The van der Waals surface area contributed by atoms with Crippen LogP contribution in [0.25, 0.3) is 11.4 Å². The van der Waals surface area contributed by atoms with Crippen molar-refractivity contribution >= 4 is 17.5 Å². The van der Waals surface area contributed by atoms with Gasteiger partial charge in [-0.3, -0.25) is 4.98 Å². The molecule has 3 rings (SSSR count). The number of halogens is 1. The average molecular weight is 339 g/mol. The molecule has 0 radical (unpaired) electrons. The van der Waals surface area contributed by atoms with Gasteiger partial charge < -0.3 is 15.7 Å². The highest BCUT2D eigenvalue weighted by atomic mass is 19.1. The standard InChI is InChI=1S/C18H18FN5O/c1-12-13(19)5-4-7-14(12)22-17-11-16(15-6-2-3-8-20-15)23-18(24-17)21-9-10-25/h2-8,11,25H,9-10H2,1H3,(H2,21,22,23,24). The molecule has 3 N–H and O–H groups in total. The average Bonchev–Trinajstić information content (AvgIpc) is 2.64. The van der Waals surface area contributed by atoms with Gasteiger partial charge in [0.15, 0.2) is 0 Å². The molecular weight excluding hydrogens is 321 g/mol. The summed E-state index contributed by atoms with van der Waals surface area (Å²) in [6.07, 6.45) is 1.68. The Morgan fingerprint density at radius 2 is 1.96 bits per heavy atom. The van der Waals surface area contributed by atoms with E-state index in [1.54, 1.807) is 31.3 Å². The van der Waals surface area contributed by atoms with E-state index in [-0.39, 0.29) is 12.4 Å². The zero-order valence-corrected chi connectivity index (χ0v) is 13.7. The van der Waals surface area contributed by atoms with Crippen LogP contribution in [0.4, 0.5) is 21.8 Å². The predicted molar refractivity (Wildman–Crippen MR) is 95.3 cm³/mol. The van der Waals surface area contributed by atoms with Gasteiger partial charge in [-0.15, -0.1) is 0 Å². The lowest BCUT2D eigenvalue weighted by molar-refractivity contribution is 0.311. The van der Waals surface area contributed by atoms with Crippen LogP contribution in [0.5, 0.6) is 0 Å². The molecule has 0 fully saturated rings. The Balaban J connectivity index is 1.98. The number of nitrogens with one attached hydrogen (secondary N) is 2. The first-order valence-electron chi connectivity index (χ1n) is 7.85. The minimum absolute atomic E-state index is 0.0387. The molecular formula is C18H18FN5O. The number of pyridine rings is 1. The third kappa shape index (κ3) is 4.07. The van der Waals surface area contributed by atoms with Gasteiger partial charge in [-0.05, 0) is 31.2 Å². The quantitative estimate of drug-likeness (QED) is 0.640. The Hall–Kier alpha value is -3.06. The minimum atomic E-state index is -0.289. The molecule has 0 saturated carbocycles. The summed E-state index contributed by atoms with van der Waals surface area (Å²) in [6, 6.07) is 12.1. The van der Waals surface area contributed by atoms with Crippen LogP contribution in [-0.2, 0) is 0 Å². The smallest absolute Gasteiger partial charge is 0.225 e. The van der Waals surface area contributed by atoms with Crippen LogP contribution >= 0.6 is 0 Å². The van der Waals surface area contributed by atoms with Gasteiger partial charge in [0.25, 0.3) is 0 Å². The van der Waals surface area contributed by atoms with Crippen LogP contribution in [0.1, 0.15) is 5.56 Å². The Morgan fingerprint density at radius 1 is 1.08 bits per heavy atom. The van der Waals surface area contributed by atoms with E-state index < -0.39 is 0 Å². The molecule has 2 aromatic heterocycles. The van der Waals surface area contributed by atoms with E-state index in [2.05, 4.69) is 25.6 Å². The number of benzene rings is 1. The largest absolute Gasteiger partial charge is 0.395 e. The van der Waals surface area contributed by atoms with Crippen molar-refractivity contribution in [1.82, 2.24) is 15.0 Å². The molecule has 3 aromatic rings. The lowest BCUT2D eigenvalue weighted by Crippen LogP contribution is -2.10. The molecule has 2 heterocycles. The molecule has 7 heteroatoms. The Kier molecular flexibility index (Phi) is 5.15. The van der Waals surface area contributed by atoms with E-state index in [0.717, 1.165) is 0 Å². The minimum Gasteiger partial charge on any atom is -0.395 e. The molecule has 0 saturated heterocycles. The lowest BCUT2D eigenvalue weighted by atomic mass is 10.2. The first-order valence-corrected chi connectivity index (χ1v) is 7.85. The van der Waals surface area contributed by atoms with E-state index in [1.807, 2.05) is 18.2 Å². The van der Waals surface area contributed by atoms with Crippen molar-refractivity contribution in [3.63, 3.8) is 0 Å². The number of nitrogens with zero attached hydrogens (tertiary/aromatic N) is 3. The number of rotatable bonds is 6. The van der Waals surface area contributed by atoms with Crippen LogP contribution in [0.2, 0.25) is 0 Å². The maximum atomic E-state index is 13.7.